The highest BCUT2D eigenvalue weighted by atomic mass is 16.5. The zero-order valence-corrected chi connectivity index (χ0v) is 10.7. The van der Waals surface area contributed by atoms with Gasteiger partial charge in [0.25, 0.3) is 0 Å². The molecule has 0 spiro atoms. The number of ether oxygens (including phenoxy) is 1. The Balaban J connectivity index is 1.79. The van der Waals surface area contributed by atoms with Crippen LogP contribution >= 0.6 is 0 Å². The topological polar surface area (TPSA) is 24.5 Å². The summed E-state index contributed by atoms with van der Waals surface area (Å²) in [6.07, 6.45) is 5.33. The Morgan fingerprint density at radius 3 is 2.94 bits per heavy atom. The lowest BCUT2D eigenvalue weighted by molar-refractivity contribution is -0.0263. The number of hydrogen-bond donors (Lipinski definition) is 1. The van der Waals surface area contributed by atoms with Gasteiger partial charge < -0.3 is 10.1 Å². The molecule has 0 bridgehead atoms. The Morgan fingerprint density at radius 1 is 1.44 bits per heavy atom. The molecule has 2 aliphatic rings. The summed E-state index contributed by atoms with van der Waals surface area (Å²) < 4.78 is 5.61. The van der Waals surface area contributed by atoms with Gasteiger partial charge in [-0.25, -0.2) is 0 Å². The van der Waals surface area contributed by atoms with Crippen LogP contribution in [0.3, 0.4) is 0 Å². The Bertz CT molecular complexity index is 206. The fourth-order valence-corrected chi connectivity index (χ4v) is 2.60. The monoisotopic (exact) mass is 226 g/mol. The summed E-state index contributed by atoms with van der Waals surface area (Å²) in [4.78, 5) is 2.64. The lowest BCUT2D eigenvalue weighted by Gasteiger charge is -2.40. The molecule has 0 amide bonds. The Kier molecular flexibility index (Phi) is 4.62. The van der Waals surface area contributed by atoms with Gasteiger partial charge in [-0.2, -0.15) is 0 Å². The molecular weight excluding hydrogens is 200 g/mol. The Labute approximate surface area is 99.5 Å². The molecule has 1 aliphatic heterocycles. The minimum Gasteiger partial charge on any atom is -0.378 e. The third-order valence-electron chi connectivity index (χ3n) is 3.77. The molecule has 16 heavy (non-hydrogen) atoms. The highest BCUT2D eigenvalue weighted by Crippen LogP contribution is 2.20. The van der Waals surface area contributed by atoms with Crippen LogP contribution < -0.4 is 5.32 Å². The van der Waals surface area contributed by atoms with E-state index in [1.54, 1.807) is 0 Å². The number of hydrogen-bond acceptors (Lipinski definition) is 3. The highest BCUT2D eigenvalue weighted by Gasteiger charge is 2.28. The van der Waals surface area contributed by atoms with Gasteiger partial charge in [-0.1, -0.05) is 13.3 Å². The van der Waals surface area contributed by atoms with Crippen LogP contribution in [-0.4, -0.2) is 49.3 Å². The van der Waals surface area contributed by atoms with E-state index in [1.807, 2.05) is 0 Å². The average molecular weight is 226 g/mol. The van der Waals surface area contributed by atoms with Crippen molar-refractivity contribution in [1.82, 2.24) is 10.2 Å². The second kappa shape index (κ2) is 5.99. The summed E-state index contributed by atoms with van der Waals surface area (Å²) in [5, 5.41) is 3.63. The first-order valence-corrected chi connectivity index (χ1v) is 6.88. The van der Waals surface area contributed by atoms with Crippen LogP contribution in [0.25, 0.3) is 0 Å². The van der Waals surface area contributed by atoms with Crippen molar-refractivity contribution in [2.45, 2.75) is 57.7 Å². The van der Waals surface area contributed by atoms with Crippen LogP contribution in [0.2, 0.25) is 0 Å². The number of morpholine rings is 1. The van der Waals surface area contributed by atoms with Crippen molar-refractivity contribution >= 4 is 0 Å². The number of nitrogens with zero attached hydrogens (tertiary/aromatic N) is 1. The third kappa shape index (κ3) is 3.44. The maximum atomic E-state index is 5.61. The van der Waals surface area contributed by atoms with E-state index in [2.05, 4.69) is 24.1 Å². The Hall–Kier alpha value is -0.120. The molecule has 0 aromatic carbocycles. The summed E-state index contributed by atoms with van der Waals surface area (Å²) >= 11 is 0. The van der Waals surface area contributed by atoms with Gasteiger partial charge in [0.1, 0.15) is 0 Å². The summed E-state index contributed by atoms with van der Waals surface area (Å²) in [7, 11) is 0. The predicted molar refractivity (Wildman–Crippen MR) is 66.7 cm³/mol. The molecule has 2 atom stereocenters. The molecule has 1 heterocycles. The van der Waals surface area contributed by atoms with E-state index >= 15 is 0 Å². The van der Waals surface area contributed by atoms with Gasteiger partial charge in [-0.15, -0.1) is 0 Å². The van der Waals surface area contributed by atoms with Gasteiger partial charge >= 0.3 is 0 Å². The molecule has 2 fully saturated rings. The molecule has 3 heteroatoms. The molecule has 0 aromatic rings. The van der Waals surface area contributed by atoms with Gasteiger partial charge in [-0.3, -0.25) is 4.90 Å². The fourth-order valence-electron chi connectivity index (χ4n) is 2.60. The van der Waals surface area contributed by atoms with Crippen molar-refractivity contribution in [2.75, 3.05) is 26.3 Å². The van der Waals surface area contributed by atoms with E-state index in [0.717, 1.165) is 32.3 Å². The first-order valence-electron chi connectivity index (χ1n) is 6.88. The first-order chi connectivity index (χ1) is 7.81. The zero-order chi connectivity index (χ0) is 11.4. The van der Waals surface area contributed by atoms with E-state index in [9.17, 15) is 0 Å². The van der Waals surface area contributed by atoms with Crippen molar-refractivity contribution in [3.8, 4) is 0 Å². The first kappa shape index (κ1) is 12.3. The lowest BCUT2D eigenvalue weighted by atomic mass is 10.1. The largest absolute Gasteiger partial charge is 0.378 e. The molecule has 1 saturated heterocycles. The van der Waals surface area contributed by atoms with Gasteiger partial charge in [0.15, 0.2) is 0 Å². The number of nitrogens with one attached hydrogen (secondary N) is 1. The molecule has 1 N–H and O–H groups in total. The van der Waals surface area contributed by atoms with Gasteiger partial charge in [0.05, 0.1) is 13.2 Å². The van der Waals surface area contributed by atoms with Gasteiger partial charge in [0, 0.05) is 31.2 Å². The van der Waals surface area contributed by atoms with Crippen molar-refractivity contribution in [3.05, 3.63) is 0 Å². The van der Waals surface area contributed by atoms with Crippen molar-refractivity contribution in [1.29, 1.82) is 0 Å². The minimum atomic E-state index is 0.593. The molecule has 1 aliphatic carbocycles. The quantitative estimate of drug-likeness (QED) is 0.745. The molecule has 94 valence electrons. The Morgan fingerprint density at radius 2 is 2.25 bits per heavy atom. The van der Waals surface area contributed by atoms with Crippen LogP contribution in [0.4, 0.5) is 0 Å². The predicted octanol–water partition coefficient (Wildman–Crippen LogP) is 1.63. The summed E-state index contributed by atoms with van der Waals surface area (Å²) in [5.74, 6) is 0. The van der Waals surface area contributed by atoms with Gasteiger partial charge in [0.2, 0.25) is 0 Å². The molecule has 2 rings (SSSR count). The summed E-state index contributed by atoms with van der Waals surface area (Å²) in [6.45, 7) is 8.67. The van der Waals surface area contributed by atoms with Crippen LogP contribution in [0, 0.1) is 0 Å². The second-order valence-corrected chi connectivity index (χ2v) is 5.29. The molecule has 1 saturated carbocycles. The third-order valence-corrected chi connectivity index (χ3v) is 3.77. The maximum absolute atomic E-state index is 5.61. The second-order valence-electron chi connectivity index (χ2n) is 5.29. The van der Waals surface area contributed by atoms with E-state index in [0.29, 0.717) is 12.1 Å². The molecule has 3 nitrogen and oxygen atoms in total. The molecule has 2 unspecified atom stereocenters. The molecule has 0 radical (unpaired) electrons. The zero-order valence-electron chi connectivity index (χ0n) is 10.7. The number of rotatable bonds is 6. The van der Waals surface area contributed by atoms with Gasteiger partial charge in [-0.05, 0) is 26.2 Å². The SMILES string of the molecule is CCCC(C)N1CCOCC1CNC1CC1. The summed E-state index contributed by atoms with van der Waals surface area (Å²) in [5.41, 5.74) is 0. The fraction of sp³-hybridized carbons (Fsp3) is 1.00. The van der Waals surface area contributed by atoms with Crippen molar-refractivity contribution in [2.24, 2.45) is 0 Å². The standard InChI is InChI=1S/C13H26N2O/c1-3-4-11(2)15-7-8-16-10-13(15)9-14-12-5-6-12/h11-14H,3-10H2,1-2H3. The van der Waals surface area contributed by atoms with Crippen LogP contribution in [0.15, 0.2) is 0 Å². The normalized spacial score (nSPS) is 29.2. The van der Waals surface area contributed by atoms with E-state index in [-0.39, 0.29) is 0 Å². The molecular formula is C13H26N2O. The minimum absolute atomic E-state index is 0.593. The van der Waals surface area contributed by atoms with E-state index in [1.165, 1.54) is 25.7 Å². The summed E-state index contributed by atoms with van der Waals surface area (Å²) in [6, 6.07) is 2.11. The highest BCUT2D eigenvalue weighted by molar-refractivity contribution is 4.86. The molecule has 0 aromatic heterocycles. The average Bonchev–Trinajstić information content (AvgIpc) is 3.11. The van der Waals surface area contributed by atoms with E-state index in [4.69, 9.17) is 4.74 Å². The van der Waals surface area contributed by atoms with Crippen molar-refractivity contribution < 1.29 is 4.74 Å². The van der Waals surface area contributed by atoms with E-state index < -0.39 is 0 Å². The smallest absolute Gasteiger partial charge is 0.0635 e. The lowest BCUT2D eigenvalue weighted by Crippen LogP contribution is -2.54. The maximum Gasteiger partial charge on any atom is 0.0635 e. The van der Waals surface area contributed by atoms with Crippen LogP contribution in [-0.2, 0) is 4.74 Å². The van der Waals surface area contributed by atoms with Crippen LogP contribution in [0.1, 0.15) is 39.5 Å². The van der Waals surface area contributed by atoms with Crippen molar-refractivity contribution in [3.63, 3.8) is 0 Å². The van der Waals surface area contributed by atoms with Crippen LogP contribution in [0.5, 0.6) is 0 Å².